The number of pyridine rings is 1. The van der Waals surface area contributed by atoms with Crippen molar-refractivity contribution in [2.75, 3.05) is 6.61 Å². The van der Waals surface area contributed by atoms with Crippen molar-refractivity contribution < 1.29 is 15.0 Å². The van der Waals surface area contributed by atoms with Gasteiger partial charge in [0.05, 0.1) is 12.2 Å². The van der Waals surface area contributed by atoms with Crippen LogP contribution in [0.15, 0.2) is 66.5 Å². The maximum absolute atomic E-state index is 12.6. The van der Waals surface area contributed by atoms with E-state index in [4.69, 9.17) is 0 Å². The molecular formula is C33H37NO3. The topological polar surface area (TPSA) is 70.4 Å². The Balaban J connectivity index is 1.40. The molecule has 4 heteroatoms. The zero-order valence-electron chi connectivity index (χ0n) is 21.7. The molecule has 3 fully saturated rings. The lowest BCUT2D eigenvalue weighted by molar-refractivity contribution is -0.128. The summed E-state index contributed by atoms with van der Waals surface area (Å²) in [5, 5.41) is 21.5. The SMILES string of the molecule is C[C@]12CC3c4ccc(-c5cccnc5)cc4C[C@]45CCC(=O)C=C4CC[C@H](C35)[C@@H]1CC[C@@]2(O)/C=C\CO. The van der Waals surface area contributed by atoms with Crippen molar-refractivity contribution in [2.45, 2.75) is 69.8 Å². The molecule has 192 valence electrons. The number of hydrogen-bond acceptors (Lipinski definition) is 4. The zero-order chi connectivity index (χ0) is 25.4. The van der Waals surface area contributed by atoms with E-state index in [1.165, 1.54) is 22.3 Å². The summed E-state index contributed by atoms with van der Waals surface area (Å²) < 4.78 is 0. The maximum atomic E-state index is 12.6. The van der Waals surface area contributed by atoms with Gasteiger partial charge in [0.1, 0.15) is 0 Å². The second kappa shape index (κ2) is 8.22. The van der Waals surface area contributed by atoms with E-state index in [-0.39, 0.29) is 17.4 Å². The average Bonchev–Trinajstić information content (AvgIpc) is 3.18. The first-order chi connectivity index (χ1) is 17.9. The van der Waals surface area contributed by atoms with E-state index in [0.717, 1.165) is 50.5 Å². The standard InChI is InChI=1S/C33H37NO3/c1-31-19-28-26-7-5-21(22-4-2-14-34-20-22)16-23(26)18-32-12-9-25(36)17-24(32)6-8-27(30(28)32)29(31)10-13-33(31,37)11-3-15-35/h2-5,7,11,14,16-17,20,27-30,35,37H,6,8-10,12-13,15,18-19H2,1H3/b11-3-/t27-,28?,29-,30?,31-,32+,33-/m0/s1. The molecule has 0 aliphatic heterocycles. The Kier molecular flexibility index (Phi) is 5.23. The number of aliphatic hydroxyl groups excluding tert-OH is 1. The fourth-order valence-corrected chi connectivity index (χ4v) is 9.88. The molecule has 2 unspecified atom stereocenters. The molecule has 0 amide bonds. The summed E-state index contributed by atoms with van der Waals surface area (Å²) >= 11 is 0. The molecule has 5 aliphatic carbocycles. The second-order valence-corrected chi connectivity index (χ2v) is 12.7. The van der Waals surface area contributed by atoms with Crippen molar-refractivity contribution >= 4 is 5.78 Å². The molecule has 37 heavy (non-hydrogen) atoms. The highest BCUT2D eigenvalue weighted by molar-refractivity contribution is 5.91. The average molecular weight is 496 g/mol. The lowest BCUT2D eigenvalue weighted by Crippen LogP contribution is -2.59. The summed E-state index contributed by atoms with van der Waals surface area (Å²) in [5.74, 6) is 2.21. The molecule has 0 bridgehead atoms. The molecule has 1 heterocycles. The van der Waals surface area contributed by atoms with Crippen LogP contribution < -0.4 is 0 Å². The third-order valence-electron chi connectivity index (χ3n) is 11.4. The molecule has 0 saturated heterocycles. The molecule has 7 rings (SSSR count). The molecular weight excluding hydrogens is 458 g/mol. The Morgan fingerprint density at radius 1 is 1.14 bits per heavy atom. The molecule has 0 radical (unpaired) electrons. The van der Waals surface area contributed by atoms with Crippen molar-refractivity contribution in [1.29, 1.82) is 0 Å². The highest BCUT2D eigenvalue weighted by Crippen LogP contribution is 2.73. The van der Waals surface area contributed by atoms with Crippen LogP contribution in [0.25, 0.3) is 11.1 Å². The first kappa shape index (κ1) is 23.5. The van der Waals surface area contributed by atoms with E-state index < -0.39 is 5.60 Å². The highest BCUT2D eigenvalue weighted by atomic mass is 16.3. The maximum Gasteiger partial charge on any atom is 0.155 e. The van der Waals surface area contributed by atoms with Crippen LogP contribution in [-0.2, 0) is 11.2 Å². The minimum absolute atomic E-state index is 0.0379. The first-order valence-corrected chi connectivity index (χ1v) is 14.2. The minimum atomic E-state index is -0.884. The Labute approximate surface area is 219 Å². The van der Waals surface area contributed by atoms with Crippen LogP contribution in [0.5, 0.6) is 0 Å². The molecule has 7 atom stereocenters. The third kappa shape index (κ3) is 3.21. The number of carbonyl (C=O) groups is 1. The lowest BCUT2D eigenvalue weighted by Gasteiger charge is -2.65. The van der Waals surface area contributed by atoms with Crippen LogP contribution in [0.2, 0.25) is 0 Å². The van der Waals surface area contributed by atoms with Crippen molar-refractivity contribution in [1.82, 2.24) is 4.98 Å². The minimum Gasteiger partial charge on any atom is -0.392 e. The van der Waals surface area contributed by atoms with E-state index >= 15 is 0 Å². The number of allylic oxidation sites excluding steroid dienone is 1. The molecule has 1 spiro atoms. The van der Waals surface area contributed by atoms with Gasteiger partial charge >= 0.3 is 0 Å². The molecule has 4 nitrogen and oxygen atoms in total. The van der Waals surface area contributed by atoms with Gasteiger partial charge in [-0.05, 0) is 108 Å². The number of aromatic nitrogens is 1. The smallest absolute Gasteiger partial charge is 0.155 e. The molecule has 2 N–H and O–H groups in total. The van der Waals surface area contributed by atoms with Crippen molar-refractivity contribution in [2.24, 2.45) is 28.6 Å². The van der Waals surface area contributed by atoms with Crippen LogP contribution in [0, 0.1) is 28.6 Å². The first-order valence-electron chi connectivity index (χ1n) is 14.2. The highest BCUT2D eigenvalue weighted by Gasteiger charge is 2.67. The molecule has 3 saturated carbocycles. The van der Waals surface area contributed by atoms with Gasteiger partial charge < -0.3 is 10.2 Å². The van der Waals surface area contributed by atoms with Gasteiger partial charge in [0.15, 0.2) is 5.78 Å². The van der Waals surface area contributed by atoms with Gasteiger partial charge in [-0.1, -0.05) is 48.9 Å². The summed E-state index contributed by atoms with van der Waals surface area (Å²) in [6.07, 6.45) is 16.9. The number of nitrogens with zero attached hydrogens (tertiary/aromatic N) is 1. The van der Waals surface area contributed by atoms with Crippen LogP contribution in [0.3, 0.4) is 0 Å². The predicted octanol–water partition coefficient (Wildman–Crippen LogP) is 5.79. The van der Waals surface area contributed by atoms with E-state index in [9.17, 15) is 15.0 Å². The largest absolute Gasteiger partial charge is 0.392 e. The Morgan fingerprint density at radius 2 is 2.03 bits per heavy atom. The number of rotatable bonds is 3. The third-order valence-corrected chi connectivity index (χ3v) is 11.4. The Morgan fingerprint density at radius 3 is 2.84 bits per heavy atom. The number of carbonyl (C=O) groups excluding carboxylic acids is 1. The van der Waals surface area contributed by atoms with Gasteiger partial charge in [0, 0.05) is 24.2 Å². The predicted molar refractivity (Wildman–Crippen MR) is 144 cm³/mol. The molecule has 1 aromatic carbocycles. The Hall–Kier alpha value is -2.56. The van der Waals surface area contributed by atoms with Gasteiger partial charge in [0.25, 0.3) is 0 Å². The number of fused-ring (bicyclic) bond motifs is 4. The lowest BCUT2D eigenvalue weighted by atomic mass is 9.39. The summed E-state index contributed by atoms with van der Waals surface area (Å²) in [4.78, 5) is 16.9. The van der Waals surface area contributed by atoms with Crippen LogP contribution in [-0.4, -0.2) is 33.2 Å². The van der Waals surface area contributed by atoms with Gasteiger partial charge in [-0.15, -0.1) is 0 Å². The number of aliphatic hydroxyl groups is 2. The van der Waals surface area contributed by atoms with Crippen molar-refractivity contribution in [3.05, 3.63) is 77.7 Å². The van der Waals surface area contributed by atoms with Gasteiger partial charge in [-0.3, -0.25) is 9.78 Å². The van der Waals surface area contributed by atoms with Gasteiger partial charge in [-0.2, -0.15) is 0 Å². The number of ketones is 1. The van der Waals surface area contributed by atoms with Gasteiger partial charge in [-0.25, -0.2) is 0 Å². The van der Waals surface area contributed by atoms with Crippen molar-refractivity contribution in [3.8, 4) is 11.1 Å². The summed E-state index contributed by atoms with van der Waals surface area (Å²) in [6.45, 7) is 2.28. The monoisotopic (exact) mass is 495 g/mol. The van der Waals surface area contributed by atoms with Crippen LogP contribution >= 0.6 is 0 Å². The van der Waals surface area contributed by atoms with Crippen LogP contribution in [0.4, 0.5) is 0 Å². The number of benzene rings is 1. The fourth-order valence-electron chi connectivity index (χ4n) is 9.88. The fraction of sp³-hybridized carbons (Fsp3) is 0.515. The molecule has 5 aliphatic rings. The molecule has 1 aromatic heterocycles. The quantitative estimate of drug-likeness (QED) is 0.529. The van der Waals surface area contributed by atoms with E-state index in [1.807, 2.05) is 30.6 Å². The zero-order valence-corrected chi connectivity index (χ0v) is 21.7. The normalized spacial score (nSPS) is 40.0. The van der Waals surface area contributed by atoms with E-state index in [2.05, 4.69) is 36.2 Å². The summed E-state index contributed by atoms with van der Waals surface area (Å²) in [7, 11) is 0. The van der Waals surface area contributed by atoms with E-state index in [0.29, 0.717) is 35.9 Å². The second-order valence-electron chi connectivity index (χ2n) is 12.7. The van der Waals surface area contributed by atoms with Crippen LogP contribution in [0.1, 0.15) is 68.9 Å². The van der Waals surface area contributed by atoms with E-state index in [1.54, 1.807) is 6.08 Å². The molecule has 2 aromatic rings. The van der Waals surface area contributed by atoms with Crippen molar-refractivity contribution in [3.63, 3.8) is 0 Å². The number of hydrogen-bond donors (Lipinski definition) is 2. The van der Waals surface area contributed by atoms with Gasteiger partial charge in [0.2, 0.25) is 0 Å². The Bertz CT molecular complexity index is 1310. The summed E-state index contributed by atoms with van der Waals surface area (Å²) in [6, 6.07) is 11.1. The summed E-state index contributed by atoms with van der Waals surface area (Å²) in [5.41, 5.74) is 5.56.